The molecule has 0 radical (unpaired) electrons. The van der Waals surface area contributed by atoms with Gasteiger partial charge < -0.3 is 0 Å². The first-order valence-electron chi connectivity index (χ1n) is 11.2. The molecule has 174 valence electrons. The number of imide groups is 2. The highest BCUT2D eigenvalue weighted by atomic mass is 16.2. The average molecular weight is 417 g/mol. The molecule has 29 heavy (non-hydrogen) atoms. The van der Waals surface area contributed by atoms with Gasteiger partial charge in [-0.3, -0.25) is 29.0 Å². The molecule has 6 heteroatoms. The lowest BCUT2D eigenvalue weighted by Gasteiger charge is -2.21. The summed E-state index contributed by atoms with van der Waals surface area (Å²) in [5.41, 5.74) is 0. The number of hydrogen-bond donors (Lipinski definition) is 0. The largest absolute Gasteiger partial charge is 0.286 e. The predicted molar refractivity (Wildman–Crippen MR) is 122 cm³/mol. The second-order valence-electron chi connectivity index (χ2n) is 6.12. The Balaban J connectivity index is -0.000000189. The third kappa shape index (κ3) is 15.8. The maximum atomic E-state index is 11.9. The highest BCUT2D eigenvalue weighted by Gasteiger charge is 2.29. The summed E-state index contributed by atoms with van der Waals surface area (Å²) in [5.74, 6) is -0.398. The molecule has 4 amide bonds. The average Bonchev–Trinajstić information content (AvgIpc) is 3.30. The van der Waals surface area contributed by atoms with Gasteiger partial charge in [-0.1, -0.05) is 68.2 Å². The monoisotopic (exact) mass is 416 g/mol. The lowest BCUT2D eigenvalue weighted by atomic mass is 10.0. The zero-order valence-electron chi connectivity index (χ0n) is 21.2. The van der Waals surface area contributed by atoms with Crippen LogP contribution in [0.3, 0.4) is 0 Å². The van der Waals surface area contributed by atoms with Gasteiger partial charge in [-0.25, -0.2) is 0 Å². The number of carbonyl (C=O) groups excluding carboxylic acids is 4. The summed E-state index contributed by atoms with van der Waals surface area (Å²) in [5, 5.41) is 0. The van der Waals surface area contributed by atoms with Crippen molar-refractivity contribution in [3.63, 3.8) is 0 Å². The van der Waals surface area contributed by atoms with E-state index in [4.69, 9.17) is 0 Å². The number of amides is 4. The van der Waals surface area contributed by atoms with Gasteiger partial charge in [0, 0.05) is 39.8 Å². The van der Waals surface area contributed by atoms with E-state index in [1.807, 2.05) is 55.4 Å². The summed E-state index contributed by atoms with van der Waals surface area (Å²) < 4.78 is 0. The molecule has 0 aromatic rings. The topological polar surface area (TPSA) is 74.8 Å². The zero-order valence-corrected chi connectivity index (χ0v) is 21.2. The minimum absolute atomic E-state index is 0.0257. The van der Waals surface area contributed by atoms with Crippen LogP contribution in [0.25, 0.3) is 0 Å². The fraction of sp³-hybridized carbons (Fsp3) is 0.826. The molecule has 1 saturated carbocycles. The normalized spacial score (nSPS) is 12.7. The van der Waals surface area contributed by atoms with Gasteiger partial charge in [-0.2, -0.15) is 0 Å². The van der Waals surface area contributed by atoms with Crippen molar-refractivity contribution in [3.05, 3.63) is 0 Å². The van der Waals surface area contributed by atoms with Crippen LogP contribution in [0.1, 0.15) is 101 Å². The fourth-order valence-corrected chi connectivity index (χ4v) is 2.28. The van der Waals surface area contributed by atoms with E-state index in [1.165, 1.54) is 25.8 Å². The zero-order chi connectivity index (χ0) is 24.2. The van der Waals surface area contributed by atoms with Crippen molar-refractivity contribution in [3.8, 4) is 0 Å². The molecule has 0 bridgehead atoms. The van der Waals surface area contributed by atoms with Crippen LogP contribution in [0.15, 0.2) is 0 Å². The SMILES string of the molecule is CC.CC.CC.CC(=O)N(C)C(C)=O.CCC(C)C(=O)N(C)C(=O)C1CCCC1. The van der Waals surface area contributed by atoms with Crippen LogP contribution in [-0.2, 0) is 19.2 Å². The molecule has 1 atom stereocenters. The Kier molecular flexibility index (Phi) is 27.1. The van der Waals surface area contributed by atoms with Crippen LogP contribution in [0.5, 0.6) is 0 Å². The predicted octanol–water partition coefficient (Wildman–Crippen LogP) is 5.30. The molecule has 0 spiro atoms. The quantitative estimate of drug-likeness (QED) is 0.626. The molecule has 1 rings (SSSR count). The Bertz CT molecular complexity index is 430. The van der Waals surface area contributed by atoms with Gasteiger partial charge in [0.2, 0.25) is 23.6 Å². The van der Waals surface area contributed by atoms with E-state index in [0.717, 1.165) is 37.0 Å². The number of carbonyl (C=O) groups is 4. The summed E-state index contributed by atoms with van der Waals surface area (Å²) in [6, 6.07) is 0. The minimum atomic E-state index is -0.225. The lowest BCUT2D eigenvalue weighted by molar-refractivity contribution is -0.148. The minimum Gasteiger partial charge on any atom is -0.286 e. The molecule has 1 unspecified atom stereocenters. The van der Waals surface area contributed by atoms with Crippen molar-refractivity contribution in [2.75, 3.05) is 14.1 Å². The lowest BCUT2D eigenvalue weighted by Crippen LogP contribution is -2.39. The molecule has 0 aromatic carbocycles. The smallest absolute Gasteiger partial charge is 0.232 e. The van der Waals surface area contributed by atoms with E-state index < -0.39 is 0 Å². The van der Waals surface area contributed by atoms with Gasteiger partial charge >= 0.3 is 0 Å². The Hall–Kier alpha value is -1.72. The first-order chi connectivity index (χ1) is 13.6. The van der Waals surface area contributed by atoms with Gasteiger partial charge in [-0.05, 0) is 19.3 Å². The Morgan fingerprint density at radius 2 is 1.14 bits per heavy atom. The maximum absolute atomic E-state index is 11.9. The molecule has 1 fully saturated rings. The van der Waals surface area contributed by atoms with Crippen molar-refractivity contribution >= 4 is 23.6 Å². The summed E-state index contributed by atoms with van der Waals surface area (Å²) in [7, 11) is 3.07. The third-order valence-electron chi connectivity index (χ3n) is 4.34. The molecule has 0 saturated heterocycles. The number of hydrogen-bond acceptors (Lipinski definition) is 4. The van der Waals surface area contributed by atoms with E-state index in [0.29, 0.717) is 0 Å². The summed E-state index contributed by atoms with van der Waals surface area (Å²) in [4.78, 5) is 46.7. The molecule has 0 heterocycles. The van der Waals surface area contributed by atoms with Gasteiger partial charge in [0.05, 0.1) is 0 Å². The van der Waals surface area contributed by atoms with Gasteiger partial charge in [0.25, 0.3) is 0 Å². The highest BCUT2D eigenvalue weighted by Crippen LogP contribution is 2.26. The van der Waals surface area contributed by atoms with Crippen molar-refractivity contribution < 1.29 is 19.2 Å². The molecule has 1 aliphatic carbocycles. The second-order valence-corrected chi connectivity index (χ2v) is 6.12. The Morgan fingerprint density at radius 1 is 0.793 bits per heavy atom. The van der Waals surface area contributed by atoms with Crippen molar-refractivity contribution in [2.45, 2.75) is 101 Å². The van der Waals surface area contributed by atoms with Gasteiger partial charge in [0.1, 0.15) is 0 Å². The van der Waals surface area contributed by atoms with Crippen LogP contribution in [0, 0.1) is 11.8 Å². The third-order valence-corrected chi connectivity index (χ3v) is 4.34. The molecule has 0 aromatic heterocycles. The van der Waals surface area contributed by atoms with Gasteiger partial charge in [0.15, 0.2) is 0 Å². The van der Waals surface area contributed by atoms with Crippen LogP contribution >= 0.6 is 0 Å². The fourth-order valence-electron chi connectivity index (χ4n) is 2.28. The van der Waals surface area contributed by atoms with Crippen LogP contribution in [0.2, 0.25) is 0 Å². The Morgan fingerprint density at radius 3 is 1.38 bits per heavy atom. The standard InChI is InChI=1S/C12H21NO2.C5H9NO2.3C2H6/c1-4-9(2)11(14)13(3)12(15)10-7-5-6-8-10;1-4(7)6(3)5(2)8;3*1-2/h9-10H,4-8H2,1-3H3;1-3H3;3*1-2H3. The van der Waals surface area contributed by atoms with Gasteiger partial charge in [-0.15, -0.1) is 0 Å². The van der Waals surface area contributed by atoms with Crippen LogP contribution < -0.4 is 0 Å². The van der Waals surface area contributed by atoms with Crippen LogP contribution in [-0.4, -0.2) is 47.5 Å². The molecule has 0 N–H and O–H groups in total. The second kappa shape index (κ2) is 22.6. The van der Waals surface area contributed by atoms with Crippen molar-refractivity contribution in [1.82, 2.24) is 9.80 Å². The van der Waals surface area contributed by atoms with Crippen molar-refractivity contribution in [2.24, 2.45) is 11.8 Å². The molecule has 6 nitrogen and oxygen atoms in total. The Labute approximate surface area is 180 Å². The first kappa shape index (κ1) is 34.8. The maximum Gasteiger partial charge on any atom is 0.232 e. The van der Waals surface area contributed by atoms with Crippen LogP contribution in [0.4, 0.5) is 0 Å². The molecule has 1 aliphatic rings. The van der Waals surface area contributed by atoms with Crippen molar-refractivity contribution in [1.29, 1.82) is 0 Å². The summed E-state index contributed by atoms with van der Waals surface area (Å²) >= 11 is 0. The van der Waals surface area contributed by atoms with E-state index >= 15 is 0 Å². The first-order valence-corrected chi connectivity index (χ1v) is 11.2. The number of rotatable bonds is 3. The van der Waals surface area contributed by atoms with E-state index in [1.54, 1.807) is 7.05 Å². The van der Waals surface area contributed by atoms with E-state index in [9.17, 15) is 19.2 Å². The molecular formula is C23H48N2O4. The van der Waals surface area contributed by atoms with E-state index in [2.05, 4.69) is 0 Å². The van der Waals surface area contributed by atoms with E-state index in [-0.39, 0.29) is 35.5 Å². The summed E-state index contributed by atoms with van der Waals surface area (Å²) in [6.07, 6.45) is 4.96. The summed E-state index contributed by atoms with van der Waals surface area (Å²) in [6.45, 7) is 18.5. The number of nitrogens with zero attached hydrogens (tertiary/aromatic N) is 2. The molecular weight excluding hydrogens is 368 g/mol. The highest BCUT2D eigenvalue weighted by molar-refractivity contribution is 5.97. The molecule has 0 aliphatic heterocycles.